The second-order valence-corrected chi connectivity index (χ2v) is 4.22. The molecule has 0 aliphatic rings. The first kappa shape index (κ1) is 16.8. The standard InChI is InChI=1S/C15H22O5/c16-5-8-18-6-2-7-19-9-10-20-13-15-4-1-3-14(11-15)12-17/h1,3-4,11-12,16H,2,5-10,13H2. The molecule has 0 saturated heterocycles. The molecular weight excluding hydrogens is 260 g/mol. The number of carbonyl (C=O) groups is 1. The van der Waals surface area contributed by atoms with Crippen molar-refractivity contribution in [3.05, 3.63) is 35.4 Å². The second kappa shape index (κ2) is 11.5. The molecule has 0 saturated carbocycles. The van der Waals surface area contributed by atoms with Crippen LogP contribution in [0.5, 0.6) is 0 Å². The molecule has 0 atom stereocenters. The molecule has 0 bridgehead atoms. The van der Waals surface area contributed by atoms with Gasteiger partial charge in [0, 0.05) is 18.8 Å². The van der Waals surface area contributed by atoms with Gasteiger partial charge in [0.15, 0.2) is 0 Å². The molecule has 1 rings (SSSR count). The zero-order chi connectivity index (χ0) is 14.5. The van der Waals surface area contributed by atoms with Crippen LogP contribution in [0.2, 0.25) is 0 Å². The van der Waals surface area contributed by atoms with E-state index in [2.05, 4.69) is 0 Å². The normalized spacial score (nSPS) is 10.7. The molecule has 20 heavy (non-hydrogen) atoms. The van der Waals surface area contributed by atoms with E-state index in [1.807, 2.05) is 18.2 Å². The lowest BCUT2D eigenvalue weighted by molar-refractivity contribution is 0.0267. The molecular formula is C15H22O5. The van der Waals surface area contributed by atoms with Gasteiger partial charge in [0.25, 0.3) is 0 Å². The third kappa shape index (κ3) is 8.01. The number of hydrogen-bond donors (Lipinski definition) is 1. The number of hydrogen-bond acceptors (Lipinski definition) is 5. The van der Waals surface area contributed by atoms with E-state index in [9.17, 15) is 4.79 Å². The molecule has 1 aromatic rings. The number of aliphatic hydroxyl groups is 1. The maximum Gasteiger partial charge on any atom is 0.150 e. The van der Waals surface area contributed by atoms with E-state index in [1.165, 1.54) is 0 Å². The topological polar surface area (TPSA) is 65.0 Å². The Hall–Kier alpha value is -1.27. The Balaban J connectivity index is 1.95. The van der Waals surface area contributed by atoms with Crippen molar-refractivity contribution in [3.8, 4) is 0 Å². The lowest BCUT2D eigenvalue weighted by Crippen LogP contribution is -2.08. The predicted molar refractivity (Wildman–Crippen MR) is 74.8 cm³/mol. The summed E-state index contributed by atoms with van der Waals surface area (Å²) in [5, 5.41) is 8.50. The summed E-state index contributed by atoms with van der Waals surface area (Å²) in [5.74, 6) is 0. The van der Waals surface area contributed by atoms with Crippen molar-refractivity contribution in [3.63, 3.8) is 0 Å². The molecule has 0 spiro atoms. The fourth-order valence-corrected chi connectivity index (χ4v) is 1.60. The summed E-state index contributed by atoms with van der Waals surface area (Å²) in [7, 11) is 0. The fourth-order valence-electron chi connectivity index (χ4n) is 1.60. The average Bonchev–Trinajstić information content (AvgIpc) is 2.49. The molecule has 0 unspecified atom stereocenters. The van der Waals surface area contributed by atoms with E-state index in [0.29, 0.717) is 45.2 Å². The van der Waals surface area contributed by atoms with Gasteiger partial charge in [-0.15, -0.1) is 0 Å². The largest absolute Gasteiger partial charge is 0.394 e. The fraction of sp³-hybridized carbons (Fsp3) is 0.533. The molecule has 0 aliphatic heterocycles. The van der Waals surface area contributed by atoms with Crippen LogP contribution in [0.1, 0.15) is 22.3 Å². The van der Waals surface area contributed by atoms with Crippen LogP contribution in [0.25, 0.3) is 0 Å². The minimum atomic E-state index is 0.0556. The van der Waals surface area contributed by atoms with Crippen molar-refractivity contribution >= 4 is 6.29 Å². The van der Waals surface area contributed by atoms with E-state index in [1.54, 1.807) is 6.07 Å². The summed E-state index contributed by atoms with van der Waals surface area (Å²) >= 11 is 0. The van der Waals surface area contributed by atoms with Crippen molar-refractivity contribution in [1.29, 1.82) is 0 Å². The van der Waals surface area contributed by atoms with E-state index in [0.717, 1.165) is 18.3 Å². The van der Waals surface area contributed by atoms with Crippen LogP contribution in [0, 0.1) is 0 Å². The van der Waals surface area contributed by atoms with Gasteiger partial charge in [-0.25, -0.2) is 0 Å². The van der Waals surface area contributed by atoms with Crippen LogP contribution in [0.15, 0.2) is 24.3 Å². The van der Waals surface area contributed by atoms with Crippen LogP contribution in [-0.4, -0.2) is 51.0 Å². The van der Waals surface area contributed by atoms with Gasteiger partial charge in [0.05, 0.1) is 33.0 Å². The Kier molecular flexibility index (Phi) is 9.69. The highest BCUT2D eigenvalue weighted by Crippen LogP contribution is 2.04. The zero-order valence-corrected chi connectivity index (χ0v) is 11.6. The molecule has 5 nitrogen and oxygen atoms in total. The molecule has 1 aromatic carbocycles. The van der Waals surface area contributed by atoms with Crippen LogP contribution >= 0.6 is 0 Å². The summed E-state index contributed by atoms with van der Waals surface area (Å²) in [6.07, 6.45) is 1.63. The number of ether oxygens (including phenoxy) is 3. The number of carbonyl (C=O) groups excluding carboxylic acids is 1. The Morgan fingerprint density at radius 1 is 1.00 bits per heavy atom. The van der Waals surface area contributed by atoms with Gasteiger partial charge in [-0.1, -0.05) is 18.2 Å². The van der Waals surface area contributed by atoms with Gasteiger partial charge < -0.3 is 19.3 Å². The highest BCUT2D eigenvalue weighted by molar-refractivity contribution is 5.74. The first-order chi connectivity index (χ1) is 9.86. The van der Waals surface area contributed by atoms with Gasteiger partial charge in [-0.3, -0.25) is 4.79 Å². The number of aliphatic hydroxyl groups excluding tert-OH is 1. The second-order valence-electron chi connectivity index (χ2n) is 4.22. The molecule has 0 radical (unpaired) electrons. The molecule has 0 fully saturated rings. The Bertz CT molecular complexity index is 367. The Morgan fingerprint density at radius 3 is 2.50 bits per heavy atom. The van der Waals surface area contributed by atoms with E-state index in [4.69, 9.17) is 19.3 Å². The SMILES string of the molecule is O=Cc1cccc(COCCOCCCOCCO)c1. The van der Waals surface area contributed by atoms with E-state index < -0.39 is 0 Å². The Morgan fingerprint density at radius 2 is 1.75 bits per heavy atom. The molecule has 0 amide bonds. The first-order valence-corrected chi connectivity index (χ1v) is 6.75. The lowest BCUT2D eigenvalue weighted by atomic mass is 10.1. The van der Waals surface area contributed by atoms with Crippen molar-refractivity contribution < 1.29 is 24.1 Å². The maximum atomic E-state index is 10.6. The third-order valence-electron chi connectivity index (χ3n) is 2.54. The molecule has 5 heteroatoms. The number of aldehydes is 1. The molecule has 0 aromatic heterocycles. The maximum absolute atomic E-state index is 10.6. The van der Waals surface area contributed by atoms with Crippen molar-refractivity contribution in [1.82, 2.24) is 0 Å². The number of rotatable bonds is 12. The summed E-state index contributed by atoms with van der Waals surface area (Å²) in [5.41, 5.74) is 1.64. The predicted octanol–water partition coefficient (Wildman–Crippen LogP) is 1.43. The van der Waals surface area contributed by atoms with Gasteiger partial charge in [0.2, 0.25) is 0 Å². The minimum Gasteiger partial charge on any atom is -0.394 e. The monoisotopic (exact) mass is 282 g/mol. The highest BCUT2D eigenvalue weighted by atomic mass is 16.5. The molecule has 1 N–H and O–H groups in total. The van der Waals surface area contributed by atoms with Gasteiger partial charge in [-0.05, 0) is 18.1 Å². The molecule has 112 valence electrons. The minimum absolute atomic E-state index is 0.0556. The van der Waals surface area contributed by atoms with Gasteiger partial charge in [0.1, 0.15) is 6.29 Å². The van der Waals surface area contributed by atoms with Crippen LogP contribution in [-0.2, 0) is 20.8 Å². The lowest BCUT2D eigenvalue weighted by Gasteiger charge is -2.06. The van der Waals surface area contributed by atoms with Crippen molar-refractivity contribution in [2.24, 2.45) is 0 Å². The van der Waals surface area contributed by atoms with Crippen LogP contribution in [0.4, 0.5) is 0 Å². The highest BCUT2D eigenvalue weighted by Gasteiger charge is 1.96. The van der Waals surface area contributed by atoms with E-state index in [-0.39, 0.29) is 6.61 Å². The quantitative estimate of drug-likeness (QED) is 0.464. The van der Waals surface area contributed by atoms with Crippen molar-refractivity contribution in [2.75, 3.05) is 39.6 Å². The average molecular weight is 282 g/mol. The van der Waals surface area contributed by atoms with Gasteiger partial charge >= 0.3 is 0 Å². The smallest absolute Gasteiger partial charge is 0.150 e. The summed E-state index contributed by atoms with van der Waals surface area (Å²) < 4.78 is 15.9. The summed E-state index contributed by atoms with van der Waals surface area (Å²) in [6.45, 7) is 3.18. The molecule has 0 aliphatic carbocycles. The molecule has 0 heterocycles. The zero-order valence-electron chi connectivity index (χ0n) is 11.6. The summed E-state index contributed by atoms with van der Waals surface area (Å²) in [4.78, 5) is 10.6. The van der Waals surface area contributed by atoms with Crippen LogP contribution in [0.3, 0.4) is 0 Å². The van der Waals surface area contributed by atoms with E-state index >= 15 is 0 Å². The third-order valence-corrected chi connectivity index (χ3v) is 2.54. The van der Waals surface area contributed by atoms with Crippen molar-refractivity contribution in [2.45, 2.75) is 13.0 Å². The number of benzene rings is 1. The Labute approximate surface area is 119 Å². The first-order valence-electron chi connectivity index (χ1n) is 6.75. The van der Waals surface area contributed by atoms with Crippen LogP contribution < -0.4 is 0 Å². The summed E-state index contributed by atoms with van der Waals surface area (Å²) in [6, 6.07) is 7.34. The van der Waals surface area contributed by atoms with Gasteiger partial charge in [-0.2, -0.15) is 0 Å².